The molecule has 0 radical (unpaired) electrons. The zero-order valence-corrected chi connectivity index (χ0v) is 64.9. The number of ether oxygens (including phenoxy) is 10. The van der Waals surface area contributed by atoms with E-state index in [1.165, 1.54) is 25.8 Å². The van der Waals surface area contributed by atoms with Gasteiger partial charge >= 0.3 is 24.1 Å². The van der Waals surface area contributed by atoms with E-state index in [1.54, 1.807) is 45.0 Å². The molecule has 34 nitrogen and oxygen atoms in total. The predicted molar refractivity (Wildman–Crippen MR) is 407 cm³/mol. The molecule has 2 saturated heterocycles. The van der Waals surface area contributed by atoms with Gasteiger partial charge in [-0.05, 0) is 86.5 Å². The van der Waals surface area contributed by atoms with Crippen molar-refractivity contribution in [1.82, 2.24) is 51.6 Å². The Bertz CT molecular complexity index is 4450. The summed E-state index contributed by atoms with van der Waals surface area (Å²) in [6.07, 6.45) is 2.22. The van der Waals surface area contributed by atoms with Gasteiger partial charge in [-0.1, -0.05) is 50.2 Å². The van der Waals surface area contributed by atoms with E-state index >= 15 is 4.79 Å². The summed E-state index contributed by atoms with van der Waals surface area (Å²) in [4.78, 5) is 140. The van der Waals surface area contributed by atoms with Crippen molar-refractivity contribution < 1.29 is 106 Å². The summed E-state index contributed by atoms with van der Waals surface area (Å²) in [5.41, 5.74) is 8.69. The Morgan fingerprint density at radius 3 is 2.19 bits per heavy atom. The summed E-state index contributed by atoms with van der Waals surface area (Å²) >= 11 is 1.40. The summed E-state index contributed by atoms with van der Waals surface area (Å²) in [6.45, 7) is 10.1. The van der Waals surface area contributed by atoms with Gasteiger partial charge in [-0.15, -0.1) is 11.8 Å². The number of nitrogens with one attached hydrogen (secondary N) is 8. The molecule has 0 aliphatic carbocycles. The lowest BCUT2D eigenvalue weighted by molar-refractivity contribution is -0.215. The lowest BCUT2D eigenvalue weighted by Crippen LogP contribution is -2.70. The number of aryl methyl sites for hydroxylation is 1. The zero-order chi connectivity index (χ0) is 80.4. The molecular formula is C78H98N12O22S. The fraction of sp³-hybridized carbons (Fsp3) is 0.513. The number of hydrogen-bond donors (Lipinski definition) is 11. The van der Waals surface area contributed by atoms with Gasteiger partial charge in [0.25, 0.3) is 11.8 Å². The van der Waals surface area contributed by atoms with E-state index in [0.717, 1.165) is 33.5 Å². The molecule has 0 saturated carbocycles. The number of amides is 9. The van der Waals surface area contributed by atoms with Gasteiger partial charge in [-0.2, -0.15) is 0 Å². The number of aromatic nitrogens is 1. The van der Waals surface area contributed by atoms with Crippen LogP contribution < -0.4 is 61.9 Å². The molecule has 9 aliphatic rings. The molecular weight excluding hydrogens is 1490 g/mol. The Balaban J connectivity index is 0.645. The van der Waals surface area contributed by atoms with E-state index in [0.29, 0.717) is 74.0 Å². The van der Waals surface area contributed by atoms with Crippen LogP contribution in [0.1, 0.15) is 114 Å². The molecule has 113 heavy (non-hydrogen) atoms. The summed E-state index contributed by atoms with van der Waals surface area (Å²) in [5, 5.41) is 46.1. The largest absolute Gasteiger partial charge is 0.504 e. The fourth-order valence-corrected chi connectivity index (χ4v) is 17.8. The monoisotopic (exact) mass is 1590 g/mol. The minimum absolute atomic E-state index is 0.000711. The first-order valence-corrected chi connectivity index (χ1v) is 38.8. The Kier molecular flexibility index (Phi) is 26.5. The van der Waals surface area contributed by atoms with Gasteiger partial charge in [-0.3, -0.25) is 53.6 Å². The smallest absolute Gasteiger partial charge is 0.407 e. The van der Waals surface area contributed by atoms with Crippen LogP contribution in [0.4, 0.5) is 15.3 Å². The number of fused-ring (bicyclic) bond motifs is 8. The van der Waals surface area contributed by atoms with Crippen molar-refractivity contribution in [3.05, 3.63) is 117 Å². The lowest BCUT2D eigenvalue weighted by atomic mass is 9.78. The number of urea groups is 1. The number of aromatic hydroxyl groups is 1. The molecule has 4 bridgehead atoms. The Morgan fingerprint density at radius 1 is 0.796 bits per heavy atom. The number of para-hydroxylation sites is 1. The van der Waals surface area contributed by atoms with Gasteiger partial charge in [-0.25, -0.2) is 14.4 Å². The highest BCUT2D eigenvalue weighted by Crippen LogP contribution is 2.65. The Hall–Kier alpha value is -10.1. The molecule has 608 valence electrons. The maximum atomic E-state index is 15.8. The van der Waals surface area contributed by atoms with Crippen molar-refractivity contribution in [2.75, 3.05) is 124 Å². The molecule has 5 aromatic rings. The molecule has 14 rings (SSSR count). The second-order valence-electron chi connectivity index (χ2n) is 29.2. The number of likely N-dealkylation sites (N-methyl/N-ethyl adjacent to an activating group) is 1. The second-order valence-corrected chi connectivity index (χ2v) is 30.3. The van der Waals surface area contributed by atoms with Crippen molar-refractivity contribution in [2.24, 2.45) is 11.7 Å². The third kappa shape index (κ3) is 18.3. The number of aliphatic hydroxyl groups is 1. The van der Waals surface area contributed by atoms with Crippen molar-refractivity contribution in [2.45, 2.75) is 133 Å². The number of alkyl carbamates (subject to hydrolysis) is 1. The van der Waals surface area contributed by atoms with Crippen molar-refractivity contribution >= 4 is 87.9 Å². The van der Waals surface area contributed by atoms with E-state index in [4.69, 9.17) is 53.1 Å². The maximum absolute atomic E-state index is 15.8. The molecule has 12 N–H and O–H groups in total. The van der Waals surface area contributed by atoms with Gasteiger partial charge in [0, 0.05) is 128 Å². The van der Waals surface area contributed by atoms with E-state index in [1.807, 2.05) is 54.1 Å². The highest BCUT2D eigenvalue weighted by Gasteiger charge is 2.64. The summed E-state index contributed by atoms with van der Waals surface area (Å²) in [6, 6.07) is 10.3. The van der Waals surface area contributed by atoms with Crippen LogP contribution in [0.15, 0.2) is 66.7 Å². The van der Waals surface area contributed by atoms with Gasteiger partial charge in [0.05, 0.1) is 83.0 Å². The van der Waals surface area contributed by atoms with Crippen LogP contribution in [0.25, 0.3) is 10.9 Å². The normalized spacial score (nSPS) is 22.3. The Labute approximate surface area is 656 Å². The molecule has 10 atom stereocenters. The number of methoxy groups -OCH3 is 1. The van der Waals surface area contributed by atoms with Gasteiger partial charge in [0.1, 0.15) is 36.8 Å². The number of nitrogens with two attached hydrogens (primary N) is 1. The van der Waals surface area contributed by atoms with E-state index in [9.17, 15) is 53.4 Å². The quantitative estimate of drug-likeness (QED) is 0.0122. The molecule has 4 aromatic carbocycles. The van der Waals surface area contributed by atoms with Crippen LogP contribution in [-0.2, 0) is 91.8 Å². The topological polar surface area (TPSA) is 439 Å². The van der Waals surface area contributed by atoms with Crippen molar-refractivity contribution in [1.29, 1.82) is 0 Å². The minimum Gasteiger partial charge on any atom is -0.504 e. The first-order valence-electron chi connectivity index (χ1n) is 37.8. The van der Waals surface area contributed by atoms with Crippen molar-refractivity contribution in [3.63, 3.8) is 0 Å². The van der Waals surface area contributed by atoms with Gasteiger partial charge < -0.3 is 100 Å². The highest BCUT2D eigenvalue weighted by atomic mass is 32.2. The number of primary amides is 1. The Morgan fingerprint density at radius 2 is 1.50 bits per heavy atom. The summed E-state index contributed by atoms with van der Waals surface area (Å²) in [5.74, 6) is -3.29. The SMILES string of the molecule is COc1c(C)cc2c(c1O)[C@@H]1[C@@H]3[C@@H]4SC[C@]5(N[C@@H](CNC(=O)OCc6ccc(NC(=O)[C@H](CCCNC(N)=O)NC(=O)[C@@H](NC(=O)CCOCCOCCOCCOCCNC(=O)CCN7C(=O)C=CC7=O)C(C)C)cc6)Cc6c5[nH]c5ccccc65)C(=O)OCC(c5c6c(c(C)c(OC(C)=O)c54)OCO6)N3C(O)(C2)CN1C. The number of aromatic amines is 1. The number of carbonyl (C=O) groups is 10. The number of esters is 2. The van der Waals surface area contributed by atoms with E-state index in [-0.39, 0.29) is 161 Å². The third-order valence-electron chi connectivity index (χ3n) is 21.1. The van der Waals surface area contributed by atoms with Crippen molar-refractivity contribution in [3.8, 4) is 28.7 Å². The number of imide groups is 1. The second kappa shape index (κ2) is 36.4. The zero-order valence-electron chi connectivity index (χ0n) is 64.1. The van der Waals surface area contributed by atoms with Gasteiger partial charge in [0.2, 0.25) is 30.4 Å². The van der Waals surface area contributed by atoms with Crippen LogP contribution in [0, 0.1) is 19.8 Å². The number of piperazine rings is 1. The van der Waals surface area contributed by atoms with Crippen LogP contribution in [0.3, 0.4) is 0 Å². The molecule has 1 aromatic heterocycles. The summed E-state index contributed by atoms with van der Waals surface area (Å²) < 4.78 is 59.1. The number of phenols is 1. The van der Waals surface area contributed by atoms with Gasteiger partial charge in [0.15, 0.2) is 28.5 Å². The predicted octanol–water partition coefficient (Wildman–Crippen LogP) is 3.38. The van der Waals surface area contributed by atoms with E-state index < -0.39 is 112 Å². The first kappa shape index (κ1) is 82.4. The highest BCUT2D eigenvalue weighted by molar-refractivity contribution is 7.99. The molecule has 1 spiro atoms. The average Bonchev–Trinajstić information content (AvgIpc) is 1.62. The minimum atomic E-state index is -1.64. The van der Waals surface area contributed by atoms with Crippen LogP contribution >= 0.6 is 11.8 Å². The number of nitrogens with zero attached hydrogens (tertiary/aromatic N) is 3. The molecule has 9 aliphatic heterocycles. The lowest BCUT2D eigenvalue weighted by Gasteiger charge is -2.60. The number of carbonyl (C=O) groups excluding carboxylic acids is 10. The number of hydrogen-bond acceptors (Lipinski definition) is 26. The number of anilines is 1. The van der Waals surface area contributed by atoms with Crippen LogP contribution in [-0.4, -0.2) is 238 Å². The first-order chi connectivity index (χ1) is 54.3. The number of H-pyrrole nitrogens is 1. The molecule has 9 amide bonds. The molecule has 10 heterocycles. The number of benzene rings is 4. The number of thioether (sulfide) groups is 1. The average molecular weight is 1590 g/mol. The van der Waals surface area contributed by atoms with E-state index in [2.05, 4.69) is 42.2 Å². The molecule has 3 unspecified atom stereocenters. The number of phenolic OH excluding ortho intramolecular Hbond substituents is 1. The van der Waals surface area contributed by atoms with Crippen LogP contribution in [0.2, 0.25) is 0 Å². The third-order valence-corrected chi connectivity index (χ3v) is 22.6. The maximum Gasteiger partial charge on any atom is 0.407 e. The molecule has 35 heteroatoms. The molecule has 2 fully saturated rings. The fourth-order valence-electron chi connectivity index (χ4n) is 16.1. The number of rotatable bonds is 34. The van der Waals surface area contributed by atoms with Crippen LogP contribution in [0.5, 0.6) is 28.7 Å². The standard InChI is InChI=1S/C78H98N12O22S/c1-42(2)62(86-56(93)21-25-104-27-29-106-31-32-107-30-28-105-26-23-80-55(92)20-24-89-57(94)18-19-58(89)95)73(98)85-53(13-10-22-81-75(79)100)72(97)83-48-16-14-46(15-17-48)37-109-76(101)82-36-49-34-51-50-11-8-9-12-52(50)84-71(51)78(87-49)40-113-70-61-60(69-68(110-41-111-69)44(4)67(61)112-45(5)91)54(38-108-74(78)99)90-64(70)63-59-47(35-77(90,102)39-88(63)6)33-43(3)66(103-7)65(59)96/h8-9,11-12,14-19,33,42,49,53-54,62-64,70,84,87,96,102H,10,13,20-32,34-41H2,1-7H3,(H,80,92)(H,82,101)(H,83,97)(H,85,98)(H,86,93)(H3,79,81,100)/t49-,53+,54?,62+,63-,64-,70-,77?,78-/m1/s1. The summed E-state index contributed by atoms with van der Waals surface area (Å²) in [7, 11) is 3.40.